The molecule has 2 heterocycles. The third-order valence-corrected chi connectivity index (χ3v) is 8.06. The van der Waals surface area contributed by atoms with Crippen LogP contribution >= 0.6 is 11.3 Å². The second-order valence-electron chi connectivity index (χ2n) is 9.63. The van der Waals surface area contributed by atoms with E-state index in [1.54, 1.807) is 30.3 Å². The Bertz CT molecular complexity index is 2820. The van der Waals surface area contributed by atoms with Gasteiger partial charge in [0.25, 0.3) is 0 Å². The molecule has 4 heteroatoms. The standard InChI is InChI=1S/C39H25N3S/c1-4-12-26(13-5-1)29-18-10-19-30(24-29)32-20-11-21-34-33-23-22-31(25-35(33)43-36(32)34)39-41-37(27-14-6-2-7-15-27)40-38(42-39)28-16-8-3-9-17-28/h1-25H/i2D,6D,7D,11D,14D,15D,20D,21D,22D,23D,25D. The summed E-state index contributed by atoms with van der Waals surface area (Å²) in [4.78, 5) is 13.6. The molecular formula is C39H25N3S. The first-order chi connectivity index (χ1) is 25.9. The van der Waals surface area contributed by atoms with Crippen LogP contribution in [0.2, 0.25) is 0 Å². The molecule has 6 aromatic carbocycles. The third kappa shape index (κ3) is 4.78. The highest BCUT2D eigenvalue weighted by molar-refractivity contribution is 7.26. The number of nitrogens with zero attached hydrogens (tertiary/aromatic N) is 3. The molecule has 0 atom stereocenters. The fourth-order valence-electron chi connectivity index (χ4n) is 4.89. The van der Waals surface area contributed by atoms with Crippen molar-refractivity contribution in [2.75, 3.05) is 0 Å². The SMILES string of the molecule is [2H]c1c([2H])c([2H])c(-c2nc(-c3ccccc3)nc(-c3c([2H])c([2H])c4c(sc5c(-c6cccc(-c7ccccc7)c6)c([2H])c([2H])c([2H])c54)c3[2H])n2)c([2H])c1[2H]. The number of thiophene rings is 1. The van der Waals surface area contributed by atoms with Crippen molar-refractivity contribution in [2.24, 2.45) is 0 Å². The first kappa shape index (κ1) is 16.3. The average Bonchev–Trinajstić information content (AvgIpc) is 3.59. The molecule has 202 valence electrons. The summed E-state index contributed by atoms with van der Waals surface area (Å²) in [6, 6.07) is 21.1. The highest BCUT2D eigenvalue weighted by Gasteiger charge is 2.15. The third-order valence-electron chi connectivity index (χ3n) is 6.93. The molecule has 0 aliphatic rings. The van der Waals surface area contributed by atoms with E-state index in [0.717, 1.165) is 22.5 Å². The van der Waals surface area contributed by atoms with Crippen LogP contribution in [0.4, 0.5) is 0 Å². The highest BCUT2D eigenvalue weighted by Crippen LogP contribution is 2.41. The van der Waals surface area contributed by atoms with E-state index >= 15 is 0 Å². The van der Waals surface area contributed by atoms with Gasteiger partial charge in [-0.15, -0.1) is 11.3 Å². The van der Waals surface area contributed by atoms with Crippen LogP contribution < -0.4 is 0 Å². The molecule has 0 bridgehead atoms. The van der Waals surface area contributed by atoms with E-state index in [4.69, 9.17) is 11.0 Å². The van der Waals surface area contributed by atoms with Gasteiger partial charge in [0, 0.05) is 36.9 Å². The Morgan fingerprint density at radius 1 is 0.465 bits per heavy atom. The molecule has 0 saturated heterocycles. The summed E-state index contributed by atoms with van der Waals surface area (Å²) in [6.07, 6.45) is 0. The first-order valence-electron chi connectivity index (χ1n) is 18.9. The normalized spacial score (nSPS) is 14.8. The molecule has 0 N–H and O–H groups in total. The van der Waals surface area contributed by atoms with Crippen molar-refractivity contribution in [3.8, 4) is 56.4 Å². The second-order valence-corrected chi connectivity index (χ2v) is 10.7. The lowest BCUT2D eigenvalue weighted by Crippen LogP contribution is -1.99. The largest absolute Gasteiger partial charge is 0.208 e. The number of benzene rings is 6. The van der Waals surface area contributed by atoms with Gasteiger partial charge in [0.2, 0.25) is 0 Å². The fraction of sp³-hybridized carbons (Fsp3) is 0. The van der Waals surface area contributed by atoms with E-state index in [-0.39, 0.29) is 74.3 Å². The van der Waals surface area contributed by atoms with Crippen LogP contribution in [0.3, 0.4) is 0 Å². The minimum Gasteiger partial charge on any atom is -0.208 e. The summed E-state index contributed by atoms with van der Waals surface area (Å²) in [5.41, 5.74) is 2.84. The van der Waals surface area contributed by atoms with Gasteiger partial charge in [-0.2, -0.15) is 0 Å². The molecule has 8 rings (SSSR count). The number of hydrogen-bond donors (Lipinski definition) is 0. The van der Waals surface area contributed by atoms with Crippen LogP contribution in [0, 0.1) is 0 Å². The highest BCUT2D eigenvalue weighted by atomic mass is 32.1. The Labute approximate surface area is 269 Å². The van der Waals surface area contributed by atoms with Gasteiger partial charge in [0.15, 0.2) is 17.5 Å². The van der Waals surface area contributed by atoms with Gasteiger partial charge in [-0.3, -0.25) is 0 Å². The Kier molecular flexibility index (Phi) is 4.06. The second kappa shape index (κ2) is 10.8. The Morgan fingerprint density at radius 2 is 1.12 bits per heavy atom. The molecule has 0 unspecified atom stereocenters. The summed E-state index contributed by atoms with van der Waals surface area (Å²) in [7, 11) is 0. The molecule has 43 heavy (non-hydrogen) atoms. The molecule has 0 saturated carbocycles. The van der Waals surface area contributed by atoms with E-state index in [9.17, 15) is 4.11 Å². The fourth-order valence-corrected chi connectivity index (χ4v) is 6.03. The van der Waals surface area contributed by atoms with Crippen LogP contribution in [-0.2, 0) is 0 Å². The Balaban J connectivity index is 1.43. The van der Waals surface area contributed by atoms with Crippen molar-refractivity contribution in [3.63, 3.8) is 0 Å². The maximum Gasteiger partial charge on any atom is 0.164 e. The molecule has 0 aliphatic carbocycles. The van der Waals surface area contributed by atoms with E-state index in [0.29, 0.717) is 21.4 Å². The van der Waals surface area contributed by atoms with Gasteiger partial charge in [-0.1, -0.05) is 139 Å². The molecule has 0 amide bonds. The van der Waals surface area contributed by atoms with Crippen LogP contribution in [0.5, 0.6) is 0 Å². The zero-order valence-electron chi connectivity index (χ0n) is 33.3. The lowest BCUT2D eigenvalue weighted by molar-refractivity contribution is 1.07. The number of fused-ring (bicyclic) bond motifs is 3. The summed E-state index contributed by atoms with van der Waals surface area (Å²) in [5, 5.41) is 0.311. The van der Waals surface area contributed by atoms with Gasteiger partial charge in [0.1, 0.15) is 0 Å². The smallest absolute Gasteiger partial charge is 0.164 e. The van der Waals surface area contributed by atoms with Crippen molar-refractivity contribution >= 4 is 31.5 Å². The van der Waals surface area contributed by atoms with E-state index < -0.39 is 36.3 Å². The predicted octanol–water partition coefficient (Wildman–Crippen LogP) is 10.6. The minimum absolute atomic E-state index is 0.0518. The summed E-state index contributed by atoms with van der Waals surface area (Å²) in [6.45, 7) is 0. The van der Waals surface area contributed by atoms with E-state index in [2.05, 4.69) is 15.0 Å². The minimum atomic E-state index is -0.589. The Morgan fingerprint density at radius 3 is 1.88 bits per heavy atom. The van der Waals surface area contributed by atoms with Gasteiger partial charge >= 0.3 is 0 Å². The summed E-state index contributed by atoms with van der Waals surface area (Å²) < 4.78 is 97.0. The summed E-state index contributed by atoms with van der Waals surface area (Å²) in [5.74, 6) is -0.446. The number of hydrogen-bond acceptors (Lipinski definition) is 4. The lowest BCUT2D eigenvalue weighted by Gasteiger charge is -2.08. The topological polar surface area (TPSA) is 38.7 Å². The van der Waals surface area contributed by atoms with Crippen molar-refractivity contribution in [1.29, 1.82) is 0 Å². The molecule has 3 nitrogen and oxygen atoms in total. The zero-order chi connectivity index (χ0) is 38.2. The zero-order valence-corrected chi connectivity index (χ0v) is 23.1. The van der Waals surface area contributed by atoms with Crippen LogP contribution in [0.1, 0.15) is 15.1 Å². The van der Waals surface area contributed by atoms with Crippen LogP contribution in [0.15, 0.2) is 151 Å². The van der Waals surface area contributed by atoms with Gasteiger partial charge in [-0.25, -0.2) is 15.0 Å². The summed E-state index contributed by atoms with van der Waals surface area (Å²) >= 11 is 1.08. The van der Waals surface area contributed by atoms with Gasteiger partial charge in [-0.05, 0) is 34.4 Å². The van der Waals surface area contributed by atoms with Gasteiger partial charge in [0.05, 0.1) is 15.1 Å². The monoisotopic (exact) mass is 578 g/mol. The maximum absolute atomic E-state index is 9.47. The van der Waals surface area contributed by atoms with Gasteiger partial charge < -0.3 is 0 Å². The molecule has 0 radical (unpaired) electrons. The molecule has 2 aromatic heterocycles. The maximum atomic E-state index is 9.47. The molecule has 0 fully saturated rings. The van der Waals surface area contributed by atoms with E-state index in [1.807, 2.05) is 54.6 Å². The lowest BCUT2D eigenvalue weighted by atomic mass is 9.98. The predicted molar refractivity (Wildman–Crippen MR) is 180 cm³/mol. The number of aromatic nitrogens is 3. The van der Waals surface area contributed by atoms with Crippen LogP contribution in [0.25, 0.3) is 76.6 Å². The molecule has 8 aromatic rings. The quantitative estimate of drug-likeness (QED) is 0.204. The van der Waals surface area contributed by atoms with Crippen molar-refractivity contribution in [1.82, 2.24) is 15.0 Å². The molecule has 0 spiro atoms. The van der Waals surface area contributed by atoms with Crippen LogP contribution in [-0.4, -0.2) is 15.0 Å². The van der Waals surface area contributed by atoms with E-state index in [1.165, 1.54) is 0 Å². The average molecular weight is 579 g/mol. The molecule has 0 aliphatic heterocycles. The Hall–Kier alpha value is -5.45. The first-order valence-corrected chi connectivity index (χ1v) is 14.2. The van der Waals surface area contributed by atoms with Crippen molar-refractivity contribution < 1.29 is 15.1 Å². The van der Waals surface area contributed by atoms with Crippen molar-refractivity contribution in [3.05, 3.63) is 151 Å². The van der Waals surface area contributed by atoms with Crippen molar-refractivity contribution in [2.45, 2.75) is 0 Å². The molecular weight excluding hydrogens is 543 g/mol. The number of rotatable bonds is 5.